The van der Waals surface area contributed by atoms with Gasteiger partial charge in [-0.3, -0.25) is 0 Å². The molecule has 1 aliphatic carbocycles. The van der Waals surface area contributed by atoms with E-state index >= 15 is 0 Å². The zero-order valence-corrected chi connectivity index (χ0v) is 13.4. The lowest BCUT2D eigenvalue weighted by molar-refractivity contribution is 0.290. The molecular weight excluding hydrogens is 262 g/mol. The van der Waals surface area contributed by atoms with Crippen LogP contribution in [-0.4, -0.2) is 17.6 Å². The third-order valence-corrected chi connectivity index (χ3v) is 3.93. The van der Waals surface area contributed by atoms with E-state index in [9.17, 15) is 0 Å². The predicted octanol–water partition coefficient (Wildman–Crippen LogP) is 4.22. The van der Waals surface area contributed by atoms with E-state index in [-0.39, 0.29) is 0 Å². The van der Waals surface area contributed by atoms with Gasteiger partial charge in [0.2, 0.25) is 5.88 Å². The lowest BCUT2D eigenvalue weighted by Crippen LogP contribution is -2.16. The monoisotopic (exact) mass is 291 g/mol. The Kier molecular flexibility index (Phi) is 6.15. The van der Waals surface area contributed by atoms with Crippen molar-refractivity contribution in [2.75, 3.05) is 17.7 Å². The molecule has 1 aliphatic rings. The van der Waals surface area contributed by atoms with Crippen LogP contribution in [0.3, 0.4) is 0 Å². The first-order chi connectivity index (χ1) is 10.2. The van der Waals surface area contributed by atoms with Gasteiger partial charge in [0.05, 0.1) is 12.3 Å². The van der Waals surface area contributed by atoms with Crippen LogP contribution >= 0.6 is 0 Å². The number of ether oxygens (including phenoxy) is 1. The molecule has 0 amide bonds. The van der Waals surface area contributed by atoms with Crippen molar-refractivity contribution < 1.29 is 4.74 Å². The molecule has 3 N–H and O–H groups in total. The number of pyridine rings is 1. The summed E-state index contributed by atoms with van der Waals surface area (Å²) in [5, 5.41) is 3.44. The molecule has 1 unspecified atom stereocenters. The second-order valence-electron chi connectivity index (χ2n) is 6.24. The van der Waals surface area contributed by atoms with Crippen LogP contribution in [0.4, 0.5) is 11.5 Å². The lowest BCUT2D eigenvalue weighted by atomic mass is 10.1. The Labute approximate surface area is 128 Å². The molecule has 1 heterocycles. The minimum absolute atomic E-state index is 0.425. The van der Waals surface area contributed by atoms with Crippen LogP contribution in [0.5, 0.6) is 5.88 Å². The first-order valence-electron chi connectivity index (χ1n) is 8.35. The van der Waals surface area contributed by atoms with Crippen LogP contribution in [-0.2, 0) is 0 Å². The van der Waals surface area contributed by atoms with Gasteiger partial charge in [-0.1, -0.05) is 32.6 Å². The minimum atomic E-state index is 0.425. The van der Waals surface area contributed by atoms with Gasteiger partial charge in [-0.05, 0) is 44.2 Å². The first-order valence-corrected chi connectivity index (χ1v) is 8.35. The summed E-state index contributed by atoms with van der Waals surface area (Å²) in [7, 11) is 0. The summed E-state index contributed by atoms with van der Waals surface area (Å²) < 4.78 is 5.72. The van der Waals surface area contributed by atoms with E-state index in [1.54, 1.807) is 0 Å². The highest BCUT2D eigenvalue weighted by Gasteiger charge is 2.22. The summed E-state index contributed by atoms with van der Waals surface area (Å²) in [5.41, 5.74) is 6.55. The minimum Gasteiger partial charge on any atom is -0.476 e. The maximum absolute atomic E-state index is 5.93. The predicted molar refractivity (Wildman–Crippen MR) is 88.7 cm³/mol. The number of anilines is 2. The fourth-order valence-electron chi connectivity index (χ4n) is 2.33. The third-order valence-electron chi connectivity index (χ3n) is 3.93. The van der Waals surface area contributed by atoms with Crippen molar-refractivity contribution >= 4 is 11.5 Å². The molecule has 0 radical (unpaired) electrons. The van der Waals surface area contributed by atoms with Crippen molar-refractivity contribution in [3.05, 3.63) is 12.1 Å². The SMILES string of the molecule is CCCCCCC(C)Nc1ccc(N)c(OCC2CC2)n1. The third kappa shape index (κ3) is 5.82. The number of hydrogen-bond acceptors (Lipinski definition) is 4. The molecule has 1 saturated carbocycles. The molecule has 1 atom stereocenters. The highest BCUT2D eigenvalue weighted by Crippen LogP contribution is 2.30. The topological polar surface area (TPSA) is 60.2 Å². The van der Waals surface area contributed by atoms with Gasteiger partial charge >= 0.3 is 0 Å². The standard InChI is InChI=1S/C17H29N3O/c1-3-4-5-6-7-13(2)19-16-11-10-15(18)17(20-16)21-12-14-8-9-14/h10-11,13-14H,3-9,12,18H2,1-2H3,(H,19,20). The zero-order valence-electron chi connectivity index (χ0n) is 13.4. The van der Waals surface area contributed by atoms with Gasteiger partial charge < -0.3 is 15.8 Å². The summed E-state index contributed by atoms with van der Waals surface area (Å²) in [5.74, 6) is 2.14. The van der Waals surface area contributed by atoms with Crippen molar-refractivity contribution in [2.45, 2.75) is 64.8 Å². The maximum atomic E-state index is 5.93. The molecule has 2 rings (SSSR count). The lowest BCUT2D eigenvalue weighted by Gasteiger charge is -2.16. The van der Waals surface area contributed by atoms with Crippen LogP contribution in [0.15, 0.2) is 12.1 Å². The van der Waals surface area contributed by atoms with Crippen LogP contribution < -0.4 is 15.8 Å². The Hall–Kier alpha value is -1.45. The molecule has 118 valence electrons. The van der Waals surface area contributed by atoms with Crippen molar-refractivity contribution in [1.82, 2.24) is 4.98 Å². The van der Waals surface area contributed by atoms with Crippen molar-refractivity contribution in [2.24, 2.45) is 5.92 Å². The molecule has 0 aliphatic heterocycles. The molecule has 1 aromatic heterocycles. The number of nitrogens with two attached hydrogens (primary N) is 1. The average Bonchev–Trinajstić information content (AvgIpc) is 3.28. The number of aromatic nitrogens is 1. The van der Waals surface area contributed by atoms with Gasteiger partial charge in [-0.25, -0.2) is 0 Å². The Morgan fingerprint density at radius 2 is 2.14 bits per heavy atom. The number of hydrogen-bond donors (Lipinski definition) is 2. The molecule has 4 heteroatoms. The van der Waals surface area contributed by atoms with Crippen molar-refractivity contribution in [3.8, 4) is 5.88 Å². The van der Waals surface area contributed by atoms with E-state index in [1.807, 2.05) is 12.1 Å². The molecule has 1 fully saturated rings. The van der Waals surface area contributed by atoms with Gasteiger partial charge in [0.1, 0.15) is 5.82 Å². The largest absolute Gasteiger partial charge is 0.476 e. The van der Waals surface area contributed by atoms with Crippen LogP contribution in [0.2, 0.25) is 0 Å². The number of nitrogens with one attached hydrogen (secondary N) is 1. The number of nitrogens with zero attached hydrogens (tertiary/aromatic N) is 1. The highest BCUT2D eigenvalue weighted by atomic mass is 16.5. The molecule has 1 aromatic rings. The van der Waals surface area contributed by atoms with Gasteiger partial charge in [0, 0.05) is 6.04 Å². The number of rotatable bonds is 10. The molecule has 0 aromatic carbocycles. The first kappa shape index (κ1) is 15.9. The Balaban J connectivity index is 1.79. The highest BCUT2D eigenvalue weighted by molar-refractivity contribution is 5.53. The summed E-state index contributed by atoms with van der Waals surface area (Å²) in [6, 6.07) is 4.23. The molecular formula is C17H29N3O. The maximum Gasteiger partial charge on any atom is 0.239 e. The normalized spacial score (nSPS) is 15.7. The van der Waals surface area contributed by atoms with Crippen LogP contribution in [0, 0.1) is 5.92 Å². The van der Waals surface area contributed by atoms with E-state index in [0.29, 0.717) is 23.5 Å². The molecule has 21 heavy (non-hydrogen) atoms. The molecule has 0 bridgehead atoms. The summed E-state index contributed by atoms with van der Waals surface area (Å²) >= 11 is 0. The molecule has 0 spiro atoms. The van der Waals surface area contributed by atoms with E-state index < -0.39 is 0 Å². The van der Waals surface area contributed by atoms with E-state index in [2.05, 4.69) is 24.1 Å². The fraction of sp³-hybridized carbons (Fsp3) is 0.706. The summed E-state index contributed by atoms with van der Waals surface area (Å²) in [6.07, 6.45) is 8.90. The van der Waals surface area contributed by atoms with Crippen LogP contribution in [0.25, 0.3) is 0 Å². The van der Waals surface area contributed by atoms with Crippen LogP contribution in [0.1, 0.15) is 58.8 Å². The van der Waals surface area contributed by atoms with Gasteiger partial charge in [-0.2, -0.15) is 4.98 Å². The van der Waals surface area contributed by atoms with Gasteiger partial charge in [-0.15, -0.1) is 0 Å². The Morgan fingerprint density at radius 1 is 1.33 bits per heavy atom. The van der Waals surface area contributed by atoms with E-state index in [1.165, 1.54) is 44.9 Å². The fourth-order valence-corrected chi connectivity index (χ4v) is 2.33. The average molecular weight is 291 g/mol. The quantitative estimate of drug-likeness (QED) is 0.633. The van der Waals surface area contributed by atoms with Gasteiger partial charge in [0.15, 0.2) is 0 Å². The smallest absolute Gasteiger partial charge is 0.239 e. The second-order valence-corrected chi connectivity index (χ2v) is 6.24. The zero-order chi connectivity index (χ0) is 15.1. The molecule has 4 nitrogen and oxygen atoms in total. The van der Waals surface area contributed by atoms with Gasteiger partial charge in [0.25, 0.3) is 0 Å². The second kappa shape index (κ2) is 8.11. The Bertz CT molecular complexity index is 432. The number of unbranched alkanes of at least 4 members (excludes halogenated alkanes) is 3. The number of nitrogen functional groups attached to an aromatic ring is 1. The molecule has 0 saturated heterocycles. The summed E-state index contributed by atoms with van der Waals surface area (Å²) in [4.78, 5) is 4.50. The van der Waals surface area contributed by atoms with Crippen molar-refractivity contribution in [3.63, 3.8) is 0 Å². The van der Waals surface area contributed by atoms with E-state index in [0.717, 1.165) is 12.4 Å². The summed E-state index contributed by atoms with van der Waals surface area (Å²) in [6.45, 7) is 5.19. The van der Waals surface area contributed by atoms with Crippen molar-refractivity contribution in [1.29, 1.82) is 0 Å². The Morgan fingerprint density at radius 3 is 2.86 bits per heavy atom. The van der Waals surface area contributed by atoms with E-state index in [4.69, 9.17) is 10.5 Å².